The summed E-state index contributed by atoms with van der Waals surface area (Å²) in [5.41, 5.74) is -0.626. The highest BCUT2D eigenvalue weighted by molar-refractivity contribution is 6.32. The van der Waals surface area contributed by atoms with Crippen molar-refractivity contribution in [2.45, 2.75) is 44.9 Å². The number of benzene rings is 1. The van der Waals surface area contributed by atoms with Gasteiger partial charge in [0.05, 0.1) is 16.8 Å². The van der Waals surface area contributed by atoms with Gasteiger partial charge in [-0.25, -0.2) is 9.29 Å². The van der Waals surface area contributed by atoms with Crippen LogP contribution in [0.15, 0.2) is 12.1 Å². The lowest BCUT2D eigenvalue weighted by Crippen LogP contribution is -2.52. The maximum atomic E-state index is 14.2. The van der Waals surface area contributed by atoms with E-state index in [-0.39, 0.29) is 15.7 Å². The van der Waals surface area contributed by atoms with Gasteiger partial charge in [0.2, 0.25) is 11.8 Å². The van der Waals surface area contributed by atoms with Gasteiger partial charge in [-0.15, -0.1) is 0 Å². The Bertz CT molecular complexity index is 747. The lowest BCUT2D eigenvalue weighted by atomic mass is 9.88. The molecule has 0 aliphatic carbocycles. The molecule has 1 fully saturated rings. The predicted molar refractivity (Wildman–Crippen MR) is 83.4 cm³/mol. The zero-order valence-corrected chi connectivity index (χ0v) is 14.8. The summed E-state index contributed by atoms with van der Waals surface area (Å²) in [6.45, 7) is 3.25. The average Bonchev–Trinajstić information content (AvgIpc) is 2.49. The number of hydrogen-bond acceptors (Lipinski definition) is 3. The summed E-state index contributed by atoms with van der Waals surface area (Å²) in [7, 11) is 0. The Morgan fingerprint density at radius 2 is 1.63 bits per heavy atom. The molecule has 0 atom stereocenters. The summed E-state index contributed by atoms with van der Waals surface area (Å²) in [5, 5.41) is -0.164. The number of nitrogens with zero attached hydrogens (tertiary/aromatic N) is 1. The average molecular weight is 418 g/mol. The molecule has 0 bridgehead atoms. The van der Waals surface area contributed by atoms with Crippen molar-refractivity contribution in [1.29, 1.82) is 0 Å². The topological polar surface area (TPSA) is 46.6 Å². The Balaban J connectivity index is 2.37. The highest BCUT2D eigenvalue weighted by Gasteiger charge is 2.64. The lowest BCUT2D eigenvalue weighted by Gasteiger charge is -2.34. The summed E-state index contributed by atoms with van der Waals surface area (Å²) in [6.07, 6.45) is -8.87. The third kappa shape index (κ3) is 4.15. The Morgan fingerprint density at radius 3 is 2.07 bits per heavy atom. The minimum atomic E-state index is -5.91. The number of halogens is 7. The van der Waals surface area contributed by atoms with Crippen LogP contribution in [0.25, 0.3) is 0 Å². The number of piperidine rings is 1. The molecular weight excluding hydrogens is 404 g/mol. The van der Waals surface area contributed by atoms with Crippen molar-refractivity contribution in [1.82, 2.24) is 0 Å². The van der Waals surface area contributed by atoms with Crippen molar-refractivity contribution in [3.05, 3.63) is 23.0 Å². The van der Waals surface area contributed by atoms with E-state index in [1.807, 2.05) is 0 Å². The number of anilines is 1. The van der Waals surface area contributed by atoms with Crippen LogP contribution in [0.3, 0.4) is 0 Å². The van der Waals surface area contributed by atoms with Crippen LogP contribution in [0.1, 0.15) is 26.7 Å². The number of carbonyl (C=O) groups is 2. The highest BCUT2D eigenvalue weighted by Crippen LogP contribution is 2.46. The molecule has 0 radical (unpaired) electrons. The first kappa shape index (κ1) is 21.3. The van der Waals surface area contributed by atoms with E-state index >= 15 is 0 Å². The second-order valence-electron chi connectivity index (χ2n) is 6.25. The minimum absolute atomic E-state index is 0.0774. The zero-order valence-electron chi connectivity index (χ0n) is 14.0. The monoisotopic (exact) mass is 417 g/mol. The van der Waals surface area contributed by atoms with E-state index in [9.17, 15) is 35.9 Å². The maximum absolute atomic E-state index is 14.2. The smallest absolute Gasteiger partial charge is 0.453 e. The molecule has 0 saturated carbocycles. The van der Waals surface area contributed by atoms with Gasteiger partial charge in [-0.2, -0.15) is 22.0 Å². The first-order valence-corrected chi connectivity index (χ1v) is 8.09. The Kier molecular flexibility index (Phi) is 5.70. The van der Waals surface area contributed by atoms with Crippen molar-refractivity contribution in [2.24, 2.45) is 5.92 Å². The van der Waals surface area contributed by atoms with E-state index in [1.54, 1.807) is 13.8 Å². The number of ether oxygens (including phenoxy) is 1. The summed E-state index contributed by atoms with van der Waals surface area (Å²) in [6, 6.07) is 1.68. The van der Waals surface area contributed by atoms with Gasteiger partial charge in [0.1, 0.15) is 11.6 Å². The van der Waals surface area contributed by atoms with Crippen LogP contribution < -0.4 is 9.64 Å². The Labute approximate surface area is 155 Å². The molecule has 4 nitrogen and oxygen atoms in total. The van der Waals surface area contributed by atoms with Crippen LogP contribution in [0, 0.1) is 11.7 Å². The van der Waals surface area contributed by atoms with Gasteiger partial charge < -0.3 is 4.74 Å². The summed E-state index contributed by atoms with van der Waals surface area (Å²) < 4.78 is 83.9. The molecule has 0 spiro atoms. The Morgan fingerprint density at radius 1 is 1.11 bits per heavy atom. The van der Waals surface area contributed by atoms with Gasteiger partial charge in [0, 0.05) is 24.8 Å². The molecular formula is C16H14ClF6NO3. The van der Waals surface area contributed by atoms with Crippen molar-refractivity contribution >= 4 is 29.1 Å². The van der Waals surface area contributed by atoms with Crippen LogP contribution in [0.5, 0.6) is 5.75 Å². The molecule has 0 unspecified atom stereocenters. The first-order valence-electron chi connectivity index (χ1n) is 7.71. The largest absolute Gasteiger partial charge is 0.489 e. The number of carbonyl (C=O) groups excluding carboxylic acids is 2. The molecule has 1 heterocycles. The van der Waals surface area contributed by atoms with E-state index in [0.717, 1.165) is 12.1 Å². The van der Waals surface area contributed by atoms with Crippen LogP contribution >= 0.6 is 11.6 Å². The number of rotatable bonds is 4. The van der Waals surface area contributed by atoms with Crippen LogP contribution in [-0.2, 0) is 9.59 Å². The summed E-state index contributed by atoms with van der Waals surface area (Å²) in [4.78, 5) is 24.5. The minimum Gasteiger partial charge on any atom is -0.489 e. The molecule has 27 heavy (non-hydrogen) atoms. The van der Waals surface area contributed by atoms with Crippen molar-refractivity contribution < 1.29 is 40.7 Å². The highest BCUT2D eigenvalue weighted by atomic mass is 35.5. The van der Waals surface area contributed by atoms with Crippen LogP contribution in [-0.4, -0.2) is 30.0 Å². The number of amides is 2. The third-order valence-corrected chi connectivity index (χ3v) is 4.13. The molecule has 11 heteroatoms. The summed E-state index contributed by atoms with van der Waals surface area (Å²) in [5.74, 6) is -11.7. The van der Waals surface area contributed by atoms with E-state index in [1.165, 1.54) is 0 Å². The van der Waals surface area contributed by atoms with E-state index < -0.39 is 60.3 Å². The molecule has 0 aromatic heterocycles. The summed E-state index contributed by atoms with van der Waals surface area (Å²) >= 11 is 5.81. The maximum Gasteiger partial charge on any atom is 0.453 e. The van der Waals surface area contributed by atoms with Crippen molar-refractivity contribution in [3.63, 3.8) is 0 Å². The second-order valence-corrected chi connectivity index (χ2v) is 6.66. The molecule has 2 amide bonds. The van der Waals surface area contributed by atoms with E-state index in [2.05, 4.69) is 0 Å². The van der Waals surface area contributed by atoms with E-state index in [4.69, 9.17) is 16.3 Å². The van der Waals surface area contributed by atoms with Gasteiger partial charge >= 0.3 is 12.1 Å². The molecule has 1 aliphatic rings. The fourth-order valence-electron chi connectivity index (χ4n) is 2.61. The number of hydrogen-bond donors (Lipinski definition) is 0. The number of alkyl halides is 5. The van der Waals surface area contributed by atoms with Crippen molar-refractivity contribution in [3.8, 4) is 5.75 Å². The number of imide groups is 1. The molecule has 1 aromatic rings. The van der Waals surface area contributed by atoms with Crippen molar-refractivity contribution in [2.75, 3.05) is 4.90 Å². The molecule has 0 N–H and O–H groups in total. The normalized spacial score (nSPS) is 17.0. The first-order chi connectivity index (χ1) is 12.3. The van der Waals surface area contributed by atoms with E-state index in [0.29, 0.717) is 0 Å². The second kappa shape index (κ2) is 7.21. The molecule has 2 rings (SSSR count). The zero-order chi connectivity index (χ0) is 20.7. The standard InChI is InChI=1S/C16H14ClF6NO3/c1-7(2)27-12-6-11(10(18)5-9(12)17)24-13(25)3-8(4-14(24)26)15(19,20)16(21,22)23/h5-8H,3-4H2,1-2H3. The predicted octanol–water partition coefficient (Wildman–Crippen LogP) is 4.73. The molecule has 1 saturated heterocycles. The van der Waals surface area contributed by atoms with Crippen LogP contribution in [0.4, 0.5) is 32.0 Å². The lowest BCUT2D eigenvalue weighted by molar-refractivity contribution is -0.302. The molecule has 150 valence electrons. The van der Waals surface area contributed by atoms with Gasteiger partial charge in [-0.1, -0.05) is 11.6 Å². The SMILES string of the molecule is CC(C)Oc1cc(N2C(=O)CC(C(F)(F)C(F)(F)F)CC2=O)c(F)cc1Cl. The Hall–Kier alpha value is -1.97. The quantitative estimate of drug-likeness (QED) is 0.525. The van der Waals surface area contributed by atoms with Gasteiger partial charge in [-0.05, 0) is 19.9 Å². The van der Waals surface area contributed by atoms with Gasteiger partial charge in [0.25, 0.3) is 0 Å². The van der Waals surface area contributed by atoms with Gasteiger partial charge in [0.15, 0.2) is 0 Å². The van der Waals surface area contributed by atoms with Gasteiger partial charge in [-0.3, -0.25) is 9.59 Å². The fourth-order valence-corrected chi connectivity index (χ4v) is 2.80. The molecule has 1 aromatic carbocycles. The van der Waals surface area contributed by atoms with Crippen LogP contribution in [0.2, 0.25) is 5.02 Å². The third-order valence-electron chi connectivity index (χ3n) is 3.84. The fraction of sp³-hybridized carbons (Fsp3) is 0.500. The molecule has 1 aliphatic heterocycles.